The summed E-state index contributed by atoms with van der Waals surface area (Å²) in [6, 6.07) is 8.80. The average molecular weight is 244 g/mol. The maximum atomic E-state index is 12.0. The lowest BCUT2D eigenvalue weighted by Crippen LogP contribution is -2.36. The van der Waals surface area contributed by atoms with Gasteiger partial charge in [0.25, 0.3) is 0 Å². The molecular weight excluding hydrogens is 224 g/mol. The first-order chi connectivity index (χ1) is 8.81. The van der Waals surface area contributed by atoms with Crippen molar-refractivity contribution in [1.29, 1.82) is 0 Å². The minimum atomic E-state index is 0.224. The van der Waals surface area contributed by atoms with E-state index in [4.69, 9.17) is 0 Å². The van der Waals surface area contributed by atoms with E-state index in [2.05, 4.69) is 34.9 Å². The van der Waals surface area contributed by atoms with Gasteiger partial charge >= 0.3 is 0 Å². The first-order valence-corrected chi connectivity index (χ1v) is 6.88. The summed E-state index contributed by atoms with van der Waals surface area (Å²) >= 11 is 0. The molecule has 1 aliphatic heterocycles. The second-order valence-corrected chi connectivity index (χ2v) is 5.50. The fourth-order valence-electron chi connectivity index (χ4n) is 3.10. The Morgan fingerprint density at radius 2 is 2.00 bits per heavy atom. The molecule has 3 nitrogen and oxygen atoms in total. The highest BCUT2D eigenvalue weighted by atomic mass is 16.1. The van der Waals surface area contributed by atoms with Crippen LogP contribution >= 0.6 is 0 Å². The molecule has 1 unspecified atom stereocenters. The summed E-state index contributed by atoms with van der Waals surface area (Å²) in [7, 11) is 0. The van der Waals surface area contributed by atoms with Crippen LogP contribution in [-0.4, -0.2) is 25.0 Å². The molecule has 0 spiro atoms. The zero-order valence-electron chi connectivity index (χ0n) is 10.6. The van der Waals surface area contributed by atoms with Crippen molar-refractivity contribution < 1.29 is 4.79 Å². The van der Waals surface area contributed by atoms with Crippen molar-refractivity contribution in [2.75, 3.05) is 13.1 Å². The Labute approximate surface area is 108 Å². The minimum Gasteiger partial charge on any atom is -0.353 e. The predicted molar refractivity (Wildman–Crippen MR) is 71.4 cm³/mol. The van der Waals surface area contributed by atoms with E-state index in [9.17, 15) is 4.79 Å². The van der Waals surface area contributed by atoms with Crippen LogP contribution in [0.4, 0.5) is 0 Å². The third kappa shape index (κ3) is 2.56. The Morgan fingerprint density at radius 3 is 2.61 bits per heavy atom. The Bertz CT molecular complexity index is 413. The molecule has 1 amide bonds. The summed E-state index contributed by atoms with van der Waals surface area (Å²) < 4.78 is 0. The molecule has 1 saturated heterocycles. The van der Waals surface area contributed by atoms with E-state index in [0.717, 1.165) is 32.4 Å². The summed E-state index contributed by atoms with van der Waals surface area (Å²) in [5.41, 5.74) is 2.79. The van der Waals surface area contributed by atoms with Crippen molar-refractivity contribution in [3.63, 3.8) is 0 Å². The number of hydrogen-bond acceptors (Lipinski definition) is 2. The van der Waals surface area contributed by atoms with Gasteiger partial charge in [-0.15, -0.1) is 0 Å². The molecule has 18 heavy (non-hydrogen) atoms. The Kier molecular flexibility index (Phi) is 3.33. The van der Waals surface area contributed by atoms with Crippen molar-refractivity contribution in [3.05, 3.63) is 35.4 Å². The lowest BCUT2D eigenvalue weighted by molar-refractivity contribution is -0.122. The fraction of sp³-hybridized carbons (Fsp3) is 0.533. The molecule has 1 aromatic rings. The Balaban J connectivity index is 1.51. The Hall–Kier alpha value is -1.35. The smallest absolute Gasteiger partial charge is 0.220 e. The number of hydrogen-bond donors (Lipinski definition) is 2. The van der Waals surface area contributed by atoms with Crippen molar-refractivity contribution >= 4 is 5.91 Å². The maximum Gasteiger partial charge on any atom is 0.220 e. The molecular formula is C15H20N2O. The van der Waals surface area contributed by atoms with E-state index < -0.39 is 0 Å². The van der Waals surface area contributed by atoms with E-state index in [1.54, 1.807) is 0 Å². The largest absolute Gasteiger partial charge is 0.353 e. The van der Waals surface area contributed by atoms with Crippen LogP contribution in [0.5, 0.6) is 0 Å². The van der Waals surface area contributed by atoms with Gasteiger partial charge in [0.2, 0.25) is 5.91 Å². The predicted octanol–water partition coefficient (Wildman–Crippen LogP) is 1.27. The van der Waals surface area contributed by atoms with E-state index in [0.29, 0.717) is 18.4 Å². The first kappa shape index (κ1) is 11.7. The summed E-state index contributed by atoms with van der Waals surface area (Å²) in [6.07, 6.45) is 3.80. The molecule has 1 fully saturated rings. The van der Waals surface area contributed by atoms with Crippen LogP contribution in [0.1, 0.15) is 24.0 Å². The van der Waals surface area contributed by atoms with Gasteiger partial charge in [0, 0.05) is 12.5 Å². The van der Waals surface area contributed by atoms with Gasteiger partial charge in [-0.1, -0.05) is 24.3 Å². The third-order valence-electron chi connectivity index (χ3n) is 4.05. The molecule has 0 aromatic heterocycles. The van der Waals surface area contributed by atoms with Gasteiger partial charge in [-0.05, 0) is 49.4 Å². The number of rotatable bonds is 3. The van der Waals surface area contributed by atoms with Gasteiger partial charge in [-0.2, -0.15) is 0 Å². The zero-order valence-corrected chi connectivity index (χ0v) is 10.6. The van der Waals surface area contributed by atoms with E-state index >= 15 is 0 Å². The quantitative estimate of drug-likeness (QED) is 0.840. The summed E-state index contributed by atoms with van der Waals surface area (Å²) in [5, 5.41) is 6.49. The number of benzene rings is 1. The number of fused-ring (bicyclic) bond motifs is 1. The number of carbonyl (C=O) groups excluding carboxylic acids is 1. The van der Waals surface area contributed by atoms with E-state index in [1.807, 2.05) is 0 Å². The molecule has 96 valence electrons. The van der Waals surface area contributed by atoms with E-state index in [1.165, 1.54) is 11.1 Å². The molecule has 0 saturated carbocycles. The monoisotopic (exact) mass is 244 g/mol. The molecule has 3 rings (SSSR count). The second-order valence-electron chi connectivity index (χ2n) is 5.50. The fourth-order valence-corrected chi connectivity index (χ4v) is 3.10. The van der Waals surface area contributed by atoms with Crippen molar-refractivity contribution in [1.82, 2.24) is 10.6 Å². The van der Waals surface area contributed by atoms with Gasteiger partial charge in [-0.3, -0.25) is 4.79 Å². The molecule has 1 aliphatic carbocycles. The highest BCUT2D eigenvalue weighted by Gasteiger charge is 2.24. The zero-order chi connectivity index (χ0) is 12.4. The van der Waals surface area contributed by atoms with Crippen LogP contribution in [0.3, 0.4) is 0 Å². The van der Waals surface area contributed by atoms with Crippen LogP contribution in [0.25, 0.3) is 0 Å². The second kappa shape index (κ2) is 5.11. The van der Waals surface area contributed by atoms with Gasteiger partial charge in [0.1, 0.15) is 0 Å². The highest BCUT2D eigenvalue weighted by molar-refractivity contribution is 5.76. The van der Waals surface area contributed by atoms with Crippen LogP contribution in [0, 0.1) is 5.92 Å². The molecule has 0 bridgehead atoms. The average Bonchev–Trinajstić information content (AvgIpc) is 2.96. The summed E-state index contributed by atoms with van der Waals surface area (Å²) in [5.74, 6) is 0.760. The number of carbonyl (C=O) groups is 1. The minimum absolute atomic E-state index is 0.224. The first-order valence-electron chi connectivity index (χ1n) is 6.88. The summed E-state index contributed by atoms with van der Waals surface area (Å²) in [4.78, 5) is 12.0. The molecule has 3 heteroatoms. The Morgan fingerprint density at radius 1 is 1.28 bits per heavy atom. The normalized spacial score (nSPS) is 23.0. The standard InChI is InChI=1S/C15H20N2O/c18-15(7-11-5-6-16-10-11)17-14-8-12-3-1-2-4-13(12)9-14/h1-4,11,14,16H,5-10H2,(H,17,18). The number of amides is 1. The van der Waals surface area contributed by atoms with Gasteiger partial charge in [0.15, 0.2) is 0 Å². The highest BCUT2D eigenvalue weighted by Crippen LogP contribution is 2.22. The molecule has 0 radical (unpaired) electrons. The topological polar surface area (TPSA) is 41.1 Å². The van der Waals surface area contributed by atoms with Gasteiger partial charge in [0.05, 0.1) is 0 Å². The SMILES string of the molecule is O=C(CC1CCNC1)NC1Cc2ccccc2C1. The summed E-state index contributed by atoms with van der Waals surface area (Å²) in [6.45, 7) is 2.06. The third-order valence-corrected chi connectivity index (χ3v) is 4.05. The van der Waals surface area contributed by atoms with Gasteiger partial charge in [-0.25, -0.2) is 0 Å². The van der Waals surface area contributed by atoms with Crippen molar-refractivity contribution in [2.24, 2.45) is 5.92 Å². The molecule has 2 aliphatic rings. The van der Waals surface area contributed by atoms with Crippen LogP contribution in [-0.2, 0) is 17.6 Å². The maximum absolute atomic E-state index is 12.0. The number of nitrogens with one attached hydrogen (secondary N) is 2. The van der Waals surface area contributed by atoms with E-state index in [-0.39, 0.29) is 5.91 Å². The van der Waals surface area contributed by atoms with Crippen molar-refractivity contribution in [3.8, 4) is 0 Å². The molecule has 2 N–H and O–H groups in total. The van der Waals surface area contributed by atoms with Crippen LogP contribution < -0.4 is 10.6 Å². The van der Waals surface area contributed by atoms with Crippen LogP contribution in [0.2, 0.25) is 0 Å². The van der Waals surface area contributed by atoms with Gasteiger partial charge < -0.3 is 10.6 Å². The lowest BCUT2D eigenvalue weighted by atomic mass is 10.0. The molecule has 1 atom stereocenters. The van der Waals surface area contributed by atoms with Crippen molar-refractivity contribution in [2.45, 2.75) is 31.7 Å². The molecule has 1 aromatic carbocycles. The molecule has 1 heterocycles. The van der Waals surface area contributed by atoms with Crippen LogP contribution in [0.15, 0.2) is 24.3 Å². The lowest BCUT2D eigenvalue weighted by Gasteiger charge is -2.14.